The molecule has 0 bridgehead atoms. The molecule has 3 aromatic heterocycles. The van der Waals surface area contributed by atoms with Crippen molar-refractivity contribution in [2.45, 2.75) is 26.2 Å². The van der Waals surface area contributed by atoms with Gasteiger partial charge < -0.3 is 26.2 Å². The predicted octanol–water partition coefficient (Wildman–Crippen LogP) is 4.07. The van der Waals surface area contributed by atoms with E-state index < -0.39 is 6.03 Å². The zero-order valence-corrected chi connectivity index (χ0v) is 25.1. The largest absolute Gasteiger partial charge is 0.383 e. The Morgan fingerprint density at radius 3 is 2.32 bits per heavy atom. The zero-order chi connectivity index (χ0) is 30.8. The van der Waals surface area contributed by atoms with Crippen molar-refractivity contribution in [2.24, 2.45) is 5.73 Å². The van der Waals surface area contributed by atoms with Gasteiger partial charge in [0, 0.05) is 67.7 Å². The third-order valence-corrected chi connectivity index (χ3v) is 7.68. The van der Waals surface area contributed by atoms with E-state index in [2.05, 4.69) is 59.8 Å². The van der Waals surface area contributed by atoms with Crippen LogP contribution >= 0.6 is 0 Å². The number of amides is 2. The smallest absolute Gasteiger partial charge is 0.324 e. The third-order valence-electron chi connectivity index (χ3n) is 7.68. The van der Waals surface area contributed by atoms with Gasteiger partial charge in [0.15, 0.2) is 11.5 Å². The summed E-state index contributed by atoms with van der Waals surface area (Å²) in [5.74, 6) is 1.38. The molecule has 2 aromatic carbocycles. The van der Waals surface area contributed by atoms with Crippen molar-refractivity contribution < 1.29 is 9.32 Å². The van der Waals surface area contributed by atoms with Gasteiger partial charge in [0.2, 0.25) is 0 Å². The van der Waals surface area contributed by atoms with Crippen LogP contribution in [0.5, 0.6) is 0 Å². The van der Waals surface area contributed by atoms with Crippen LogP contribution in [-0.4, -0.2) is 75.1 Å². The van der Waals surface area contributed by atoms with E-state index in [9.17, 15) is 4.79 Å². The molecule has 6 rings (SSSR count). The Bertz CT molecular complexity index is 1750. The summed E-state index contributed by atoms with van der Waals surface area (Å²) in [7, 11) is 0. The number of benzene rings is 2. The van der Waals surface area contributed by atoms with Crippen LogP contribution in [0, 0.1) is 0 Å². The molecule has 0 saturated carbocycles. The lowest BCUT2D eigenvalue weighted by Gasteiger charge is -2.36. The highest BCUT2D eigenvalue weighted by molar-refractivity contribution is 6.00. The molecule has 0 radical (unpaired) electrons. The number of piperazine rings is 1. The van der Waals surface area contributed by atoms with E-state index in [-0.39, 0.29) is 5.41 Å². The van der Waals surface area contributed by atoms with Gasteiger partial charge in [-0.3, -0.25) is 10.2 Å². The Morgan fingerprint density at radius 2 is 1.66 bits per heavy atom. The number of urea groups is 1. The number of rotatable bonds is 7. The quantitative estimate of drug-likeness (QED) is 0.215. The van der Waals surface area contributed by atoms with E-state index in [1.54, 1.807) is 22.9 Å². The number of nitrogens with one attached hydrogen (secondary N) is 2. The van der Waals surface area contributed by atoms with Gasteiger partial charge in [0.05, 0.1) is 11.1 Å². The van der Waals surface area contributed by atoms with Crippen LogP contribution in [0.15, 0.2) is 65.4 Å². The highest BCUT2D eigenvalue weighted by Gasteiger charge is 2.22. The molecule has 1 saturated heterocycles. The highest BCUT2D eigenvalue weighted by Crippen LogP contribution is 2.33. The molecule has 1 fully saturated rings. The molecule has 4 heterocycles. The van der Waals surface area contributed by atoms with Crippen molar-refractivity contribution in [3.05, 3.63) is 66.7 Å². The summed E-state index contributed by atoms with van der Waals surface area (Å²) in [6.07, 6.45) is 1.43. The fraction of sp³-hybridized carbons (Fsp3) is 0.323. The van der Waals surface area contributed by atoms with Gasteiger partial charge in [0.1, 0.15) is 23.6 Å². The summed E-state index contributed by atoms with van der Waals surface area (Å²) in [6, 6.07) is 16.9. The number of carbonyl (C=O) groups is 1. The van der Waals surface area contributed by atoms with E-state index in [4.69, 9.17) is 21.1 Å². The lowest BCUT2D eigenvalue weighted by atomic mass is 9.93. The van der Waals surface area contributed by atoms with Crippen molar-refractivity contribution in [3.8, 4) is 16.9 Å². The first-order chi connectivity index (χ1) is 21.2. The van der Waals surface area contributed by atoms with E-state index in [1.165, 1.54) is 12.0 Å². The second-order valence-electron chi connectivity index (χ2n) is 11.8. The summed E-state index contributed by atoms with van der Waals surface area (Å²) >= 11 is 0. The summed E-state index contributed by atoms with van der Waals surface area (Å²) in [4.78, 5) is 26.1. The number of nitrogens with two attached hydrogens (primary N) is 2. The maximum Gasteiger partial charge on any atom is 0.324 e. The molecule has 13 nitrogen and oxygen atoms in total. The minimum Gasteiger partial charge on any atom is -0.383 e. The minimum atomic E-state index is -0.431. The average Bonchev–Trinajstić information content (AvgIpc) is 3.65. The summed E-state index contributed by atoms with van der Waals surface area (Å²) in [5, 5.41) is 15.0. The second kappa shape index (κ2) is 11.9. The van der Waals surface area contributed by atoms with Crippen molar-refractivity contribution in [1.82, 2.24) is 29.8 Å². The first kappa shape index (κ1) is 29.1. The molecule has 0 spiro atoms. The van der Waals surface area contributed by atoms with Crippen LogP contribution < -0.4 is 27.0 Å². The normalized spacial score (nSPS) is 14.2. The van der Waals surface area contributed by atoms with Crippen LogP contribution in [0.3, 0.4) is 0 Å². The molecule has 13 heteroatoms. The topological polar surface area (TPSA) is 169 Å². The standard InChI is InChI=1S/C31H37N11O2/c1-31(2,3)24-18-25(39-44-24)37-30(43)36-21-6-10-23(11-7-21)42-29-26(28(33)34-19-35-29)27(38-42)20-4-8-22(9-5-20)41-16-14-40(13-12-32)15-17-41/h4-11,18-19H,12-17,32H2,1-3H3,(H2,33,34,35)(H2,36,37,39,43). The average molecular weight is 596 g/mol. The maximum atomic E-state index is 12.6. The molecule has 5 aromatic rings. The number of nitrogen functional groups attached to an aromatic ring is 1. The van der Waals surface area contributed by atoms with Gasteiger partial charge in [-0.25, -0.2) is 19.4 Å². The lowest BCUT2D eigenvalue weighted by Crippen LogP contribution is -2.47. The Balaban J connectivity index is 1.19. The van der Waals surface area contributed by atoms with Crippen molar-refractivity contribution in [2.75, 3.05) is 60.5 Å². The third kappa shape index (κ3) is 6.05. The van der Waals surface area contributed by atoms with Gasteiger partial charge in [0.25, 0.3) is 0 Å². The highest BCUT2D eigenvalue weighted by atomic mass is 16.5. The lowest BCUT2D eigenvalue weighted by molar-refractivity contribution is 0.262. The van der Waals surface area contributed by atoms with Gasteiger partial charge in [-0.15, -0.1) is 0 Å². The first-order valence-corrected chi connectivity index (χ1v) is 14.6. The molecule has 2 amide bonds. The summed E-state index contributed by atoms with van der Waals surface area (Å²) in [5.41, 5.74) is 16.6. The Hall–Kier alpha value is -5.01. The molecule has 44 heavy (non-hydrogen) atoms. The number of carbonyl (C=O) groups excluding carboxylic acids is 1. The minimum absolute atomic E-state index is 0.213. The van der Waals surface area contributed by atoms with Gasteiger partial charge >= 0.3 is 6.03 Å². The van der Waals surface area contributed by atoms with E-state index >= 15 is 0 Å². The predicted molar refractivity (Wildman–Crippen MR) is 172 cm³/mol. The van der Waals surface area contributed by atoms with Gasteiger partial charge in [-0.2, -0.15) is 5.10 Å². The number of aromatic nitrogens is 5. The molecular weight excluding hydrogens is 558 g/mol. The Kier molecular flexibility index (Phi) is 7.89. The van der Waals surface area contributed by atoms with Gasteiger partial charge in [-0.1, -0.05) is 38.1 Å². The monoisotopic (exact) mass is 595 g/mol. The van der Waals surface area contributed by atoms with E-state index in [0.29, 0.717) is 46.4 Å². The van der Waals surface area contributed by atoms with Crippen molar-refractivity contribution >= 4 is 40.1 Å². The maximum absolute atomic E-state index is 12.6. The van der Waals surface area contributed by atoms with E-state index in [0.717, 1.165) is 44.0 Å². The van der Waals surface area contributed by atoms with Crippen LogP contribution in [-0.2, 0) is 5.41 Å². The molecule has 0 unspecified atom stereocenters. The fourth-order valence-electron chi connectivity index (χ4n) is 5.25. The zero-order valence-electron chi connectivity index (χ0n) is 25.1. The van der Waals surface area contributed by atoms with Crippen LogP contribution in [0.2, 0.25) is 0 Å². The molecule has 0 atom stereocenters. The molecule has 6 N–H and O–H groups in total. The number of anilines is 4. The molecule has 228 valence electrons. The summed E-state index contributed by atoms with van der Waals surface area (Å²) in [6.45, 7) is 11.6. The van der Waals surface area contributed by atoms with E-state index in [1.807, 2.05) is 32.9 Å². The number of nitrogens with zero attached hydrogens (tertiary/aromatic N) is 7. The second-order valence-corrected chi connectivity index (χ2v) is 11.8. The van der Waals surface area contributed by atoms with Crippen molar-refractivity contribution in [1.29, 1.82) is 0 Å². The Morgan fingerprint density at radius 1 is 0.955 bits per heavy atom. The number of fused-ring (bicyclic) bond motifs is 1. The SMILES string of the molecule is CC(C)(C)c1cc(NC(=O)Nc2ccc(-n3nc(-c4ccc(N5CCN(CCN)CC5)cc4)c4c(N)ncnc43)cc2)no1. The van der Waals surface area contributed by atoms with Crippen LogP contribution in [0.1, 0.15) is 26.5 Å². The fourth-order valence-corrected chi connectivity index (χ4v) is 5.25. The number of hydrogen-bond donors (Lipinski definition) is 4. The van der Waals surface area contributed by atoms with Gasteiger partial charge in [-0.05, 0) is 36.4 Å². The molecule has 1 aliphatic rings. The van der Waals surface area contributed by atoms with Crippen molar-refractivity contribution in [3.63, 3.8) is 0 Å². The summed E-state index contributed by atoms with van der Waals surface area (Å²) < 4.78 is 7.07. The van der Waals surface area contributed by atoms with Crippen LogP contribution in [0.4, 0.5) is 27.8 Å². The molecule has 1 aliphatic heterocycles. The first-order valence-electron chi connectivity index (χ1n) is 14.6. The molecular formula is C31H37N11O2. The number of hydrogen-bond acceptors (Lipinski definition) is 10. The molecule has 0 aliphatic carbocycles. The van der Waals surface area contributed by atoms with Crippen LogP contribution in [0.25, 0.3) is 28.0 Å². The Labute approximate surface area is 255 Å².